The fourth-order valence-corrected chi connectivity index (χ4v) is 4.40. The first kappa shape index (κ1) is 26.0. The van der Waals surface area contributed by atoms with E-state index in [9.17, 15) is 32.3 Å². The summed E-state index contributed by atoms with van der Waals surface area (Å²) in [6.45, 7) is 1.49. The molecule has 0 saturated heterocycles. The Labute approximate surface area is 209 Å². The van der Waals surface area contributed by atoms with Gasteiger partial charge in [0.1, 0.15) is 11.6 Å². The Balaban J connectivity index is 1.56. The number of rotatable bonds is 7. The lowest BCUT2D eigenvalue weighted by molar-refractivity contribution is -0.139. The summed E-state index contributed by atoms with van der Waals surface area (Å²) in [7, 11) is 0. The summed E-state index contributed by atoms with van der Waals surface area (Å²) in [5.41, 5.74) is -0.257. The predicted molar refractivity (Wildman–Crippen MR) is 125 cm³/mol. The second-order valence-corrected chi connectivity index (χ2v) is 8.84. The number of carboxylic acid groups (broad SMARTS) is 1. The highest BCUT2D eigenvalue weighted by molar-refractivity contribution is 5.95. The van der Waals surface area contributed by atoms with Crippen LogP contribution in [0.4, 0.5) is 22.4 Å². The average molecular weight is 517 g/mol. The van der Waals surface area contributed by atoms with E-state index >= 15 is 0 Å². The minimum atomic E-state index is -4.76. The molecule has 6 nitrogen and oxygen atoms in total. The van der Waals surface area contributed by atoms with E-state index < -0.39 is 41.1 Å². The third kappa shape index (κ3) is 6.02. The monoisotopic (exact) mass is 517 g/mol. The van der Waals surface area contributed by atoms with Crippen molar-refractivity contribution in [3.8, 4) is 5.75 Å². The molecule has 0 heterocycles. The van der Waals surface area contributed by atoms with Crippen LogP contribution < -0.4 is 10.1 Å². The van der Waals surface area contributed by atoms with Gasteiger partial charge < -0.3 is 19.9 Å². The van der Waals surface area contributed by atoms with E-state index in [1.807, 2.05) is 0 Å². The lowest BCUT2D eigenvalue weighted by Gasteiger charge is -2.28. The topological polar surface area (TPSA) is 84.9 Å². The number of aryl methyl sites for hydroxylation is 1. The molecule has 0 aromatic heterocycles. The number of ether oxygens (including phenoxy) is 2. The standard InChI is InChI=1S/C27H23F4NO5/c1-16-6-9-22(28)17(12-16)10-11-36-23-13-18(7-8-21(23)27(29,30)31)24(33)32-26(37-25(34)35)14-19-4-2-3-5-20(19)15-26/h2-9,12-13H,10-11,14-15H2,1H3,(H,32,33)(H,34,35). The Morgan fingerprint density at radius 3 is 2.32 bits per heavy atom. The molecule has 1 amide bonds. The Morgan fingerprint density at radius 1 is 1.03 bits per heavy atom. The molecule has 4 rings (SSSR count). The van der Waals surface area contributed by atoms with Crippen LogP contribution in [0, 0.1) is 12.7 Å². The van der Waals surface area contributed by atoms with Crippen LogP contribution in [0.3, 0.4) is 0 Å². The SMILES string of the molecule is Cc1ccc(F)c(CCOc2cc(C(=O)NC3(OC(=O)O)Cc4ccccc4C3)ccc2C(F)(F)F)c1. The number of hydrogen-bond acceptors (Lipinski definition) is 4. The molecular formula is C27H23F4NO5. The summed E-state index contributed by atoms with van der Waals surface area (Å²) in [6, 6.07) is 14.1. The molecule has 0 fully saturated rings. The van der Waals surface area contributed by atoms with E-state index in [2.05, 4.69) is 5.32 Å². The number of amides is 1. The lowest BCUT2D eigenvalue weighted by Crippen LogP contribution is -2.52. The third-order valence-electron chi connectivity index (χ3n) is 6.07. The average Bonchev–Trinajstić information content (AvgIpc) is 3.17. The van der Waals surface area contributed by atoms with Crippen molar-refractivity contribution in [2.24, 2.45) is 0 Å². The Morgan fingerprint density at radius 2 is 1.70 bits per heavy atom. The molecule has 0 unspecified atom stereocenters. The number of alkyl halides is 3. The van der Waals surface area contributed by atoms with Crippen LogP contribution in [-0.2, 0) is 30.2 Å². The number of benzene rings is 3. The van der Waals surface area contributed by atoms with Crippen LogP contribution >= 0.6 is 0 Å². The van der Waals surface area contributed by atoms with E-state index in [-0.39, 0.29) is 37.0 Å². The van der Waals surface area contributed by atoms with Crippen LogP contribution in [0.15, 0.2) is 60.7 Å². The van der Waals surface area contributed by atoms with Crippen LogP contribution in [0.1, 0.15) is 38.2 Å². The van der Waals surface area contributed by atoms with Crippen LogP contribution in [0.5, 0.6) is 5.75 Å². The van der Waals surface area contributed by atoms with Crippen molar-refractivity contribution >= 4 is 12.1 Å². The summed E-state index contributed by atoms with van der Waals surface area (Å²) in [4.78, 5) is 24.4. The van der Waals surface area contributed by atoms with Crippen LogP contribution in [-0.4, -0.2) is 29.5 Å². The van der Waals surface area contributed by atoms with Crippen molar-refractivity contribution in [3.63, 3.8) is 0 Å². The van der Waals surface area contributed by atoms with Crippen molar-refractivity contribution in [1.29, 1.82) is 0 Å². The molecule has 0 spiro atoms. The molecule has 10 heteroatoms. The normalized spacial score (nSPS) is 14.1. The zero-order valence-corrected chi connectivity index (χ0v) is 19.7. The molecule has 1 aliphatic rings. The number of halogens is 4. The minimum absolute atomic E-state index is 0.00898. The highest BCUT2D eigenvalue weighted by Gasteiger charge is 2.43. The summed E-state index contributed by atoms with van der Waals surface area (Å²) < 4.78 is 65.3. The van der Waals surface area contributed by atoms with Crippen LogP contribution in [0.2, 0.25) is 0 Å². The van der Waals surface area contributed by atoms with Gasteiger partial charge in [0, 0.05) is 24.8 Å². The van der Waals surface area contributed by atoms with Crippen molar-refractivity contribution in [1.82, 2.24) is 5.32 Å². The van der Waals surface area contributed by atoms with Gasteiger partial charge in [0.15, 0.2) is 5.72 Å². The van der Waals surface area contributed by atoms with Gasteiger partial charge in [-0.2, -0.15) is 13.2 Å². The highest BCUT2D eigenvalue weighted by Crippen LogP contribution is 2.37. The zero-order valence-electron chi connectivity index (χ0n) is 19.7. The fourth-order valence-electron chi connectivity index (χ4n) is 4.40. The first-order chi connectivity index (χ1) is 17.5. The minimum Gasteiger partial charge on any atom is -0.493 e. The first-order valence-corrected chi connectivity index (χ1v) is 11.4. The summed E-state index contributed by atoms with van der Waals surface area (Å²) in [5.74, 6) is -1.94. The summed E-state index contributed by atoms with van der Waals surface area (Å²) in [6.07, 6.45) is -6.23. The second-order valence-electron chi connectivity index (χ2n) is 8.84. The number of hydrogen-bond donors (Lipinski definition) is 2. The number of nitrogens with one attached hydrogen (secondary N) is 1. The fraction of sp³-hybridized carbons (Fsp3) is 0.259. The Hall–Kier alpha value is -4.08. The highest BCUT2D eigenvalue weighted by atomic mass is 19.4. The van der Waals surface area contributed by atoms with Gasteiger partial charge in [-0.3, -0.25) is 4.79 Å². The zero-order chi connectivity index (χ0) is 26.8. The maximum absolute atomic E-state index is 14.0. The Kier molecular flexibility index (Phi) is 7.11. The third-order valence-corrected chi connectivity index (χ3v) is 6.07. The van der Waals surface area contributed by atoms with Gasteiger partial charge in [-0.25, -0.2) is 9.18 Å². The van der Waals surface area contributed by atoms with Gasteiger partial charge in [0.05, 0.1) is 12.2 Å². The predicted octanol–water partition coefficient (Wildman–Crippen LogP) is 5.69. The summed E-state index contributed by atoms with van der Waals surface area (Å²) >= 11 is 0. The van der Waals surface area contributed by atoms with Gasteiger partial charge >= 0.3 is 12.3 Å². The molecule has 37 heavy (non-hydrogen) atoms. The van der Waals surface area contributed by atoms with Crippen molar-refractivity contribution in [2.45, 2.75) is 38.1 Å². The second kappa shape index (κ2) is 10.1. The van der Waals surface area contributed by atoms with E-state index in [0.717, 1.165) is 28.8 Å². The molecule has 0 bridgehead atoms. The van der Waals surface area contributed by atoms with Crippen molar-refractivity contribution in [2.75, 3.05) is 6.61 Å². The maximum atomic E-state index is 14.0. The lowest BCUT2D eigenvalue weighted by atomic mass is 10.1. The molecule has 2 N–H and O–H groups in total. The largest absolute Gasteiger partial charge is 0.507 e. The molecular weight excluding hydrogens is 494 g/mol. The van der Waals surface area contributed by atoms with Gasteiger partial charge in [-0.15, -0.1) is 0 Å². The molecule has 0 radical (unpaired) electrons. The van der Waals surface area contributed by atoms with E-state index in [0.29, 0.717) is 6.07 Å². The smallest absolute Gasteiger partial charge is 0.493 e. The van der Waals surface area contributed by atoms with E-state index in [1.165, 1.54) is 6.07 Å². The van der Waals surface area contributed by atoms with Gasteiger partial charge in [0.25, 0.3) is 5.91 Å². The first-order valence-electron chi connectivity index (χ1n) is 11.4. The number of carbonyl (C=O) groups is 2. The van der Waals surface area contributed by atoms with Crippen molar-refractivity contribution in [3.05, 3.63) is 99.9 Å². The maximum Gasteiger partial charge on any atom is 0.507 e. The molecule has 0 saturated carbocycles. The van der Waals surface area contributed by atoms with Crippen LogP contribution in [0.25, 0.3) is 0 Å². The van der Waals surface area contributed by atoms with Gasteiger partial charge in [0.2, 0.25) is 0 Å². The van der Waals surface area contributed by atoms with Gasteiger partial charge in [-0.1, -0.05) is 42.0 Å². The molecule has 0 aliphatic heterocycles. The van der Waals surface area contributed by atoms with E-state index in [4.69, 9.17) is 9.47 Å². The number of carbonyl (C=O) groups excluding carboxylic acids is 1. The molecule has 194 valence electrons. The molecule has 0 atom stereocenters. The van der Waals surface area contributed by atoms with Crippen molar-refractivity contribution < 1.29 is 41.7 Å². The van der Waals surface area contributed by atoms with E-state index in [1.54, 1.807) is 43.3 Å². The number of fused-ring (bicyclic) bond motifs is 1. The Bertz CT molecular complexity index is 1310. The summed E-state index contributed by atoms with van der Waals surface area (Å²) in [5, 5.41) is 11.8. The molecule has 1 aliphatic carbocycles. The molecule has 3 aromatic rings. The van der Waals surface area contributed by atoms with Gasteiger partial charge in [-0.05, 0) is 47.9 Å². The quantitative estimate of drug-likeness (QED) is 0.239. The molecule has 3 aromatic carbocycles.